The van der Waals surface area contributed by atoms with E-state index in [2.05, 4.69) is 0 Å². The second-order valence-electron chi connectivity index (χ2n) is 1.94. The Morgan fingerprint density at radius 1 is 1.82 bits per heavy atom. The molecular formula is C6H9NO3S. The summed E-state index contributed by atoms with van der Waals surface area (Å²) < 4.78 is 10.9. The van der Waals surface area contributed by atoms with Crippen LogP contribution in [-0.2, 0) is 15.6 Å². The van der Waals surface area contributed by atoms with Crippen molar-refractivity contribution in [2.24, 2.45) is 0 Å². The van der Waals surface area contributed by atoms with Crippen molar-refractivity contribution in [3.63, 3.8) is 0 Å². The Balaban J connectivity index is 4.03. The maximum atomic E-state index is 10.9. The van der Waals surface area contributed by atoms with Crippen molar-refractivity contribution in [2.75, 3.05) is 5.75 Å². The molecule has 0 aromatic rings. The van der Waals surface area contributed by atoms with E-state index < -0.39 is 27.8 Å². The van der Waals surface area contributed by atoms with Crippen molar-refractivity contribution in [3.05, 3.63) is 0 Å². The Morgan fingerprint density at radius 3 is 2.64 bits per heavy atom. The molecule has 0 rings (SSSR count). The molecule has 4 nitrogen and oxygen atoms in total. The molecule has 0 saturated carbocycles. The smallest absolute Gasteiger partial charge is 0.316 e. The fourth-order valence-electron chi connectivity index (χ4n) is 0.558. The van der Waals surface area contributed by atoms with E-state index in [4.69, 9.17) is 10.4 Å². The van der Waals surface area contributed by atoms with Crippen molar-refractivity contribution < 1.29 is 14.1 Å². The number of carbonyl (C=O) groups is 1. The van der Waals surface area contributed by atoms with Gasteiger partial charge in [-0.3, -0.25) is 9.00 Å². The first-order chi connectivity index (χ1) is 5.11. The van der Waals surface area contributed by atoms with Crippen LogP contribution in [0.4, 0.5) is 0 Å². The highest BCUT2D eigenvalue weighted by Crippen LogP contribution is 1.99. The van der Waals surface area contributed by atoms with E-state index in [0.717, 1.165) is 0 Å². The number of nitriles is 1. The molecule has 62 valence electrons. The molecule has 0 aliphatic rings. The van der Waals surface area contributed by atoms with Gasteiger partial charge in [0.05, 0.1) is 6.07 Å². The minimum absolute atomic E-state index is 0.427. The van der Waals surface area contributed by atoms with Crippen LogP contribution in [0.5, 0.6) is 0 Å². The molecule has 0 aromatic carbocycles. The van der Waals surface area contributed by atoms with Crippen molar-refractivity contribution >= 4 is 16.8 Å². The molecule has 0 aliphatic carbocycles. The molecule has 0 heterocycles. The van der Waals surface area contributed by atoms with Crippen LogP contribution in [0.15, 0.2) is 0 Å². The molecule has 0 spiro atoms. The maximum absolute atomic E-state index is 10.9. The number of hydrogen-bond donors (Lipinski definition) is 1. The van der Waals surface area contributed by atoms with Gasteiger partial charge in [0, 0.05) is 10.8 Å². The number of nitrogens with zero attached hydrogens (tertiary/aromatic N) is 1. The lowest BCUT2D eigenvalue weighted by molar-refractivity contribution is -0.133. The van der Waals surface area contributed by atoms with E-state index in [9.17, 15) is 9.00 Å². The van der Waals surface area contributed by atoms with Gasteiger partial charge >= 0.3 is 5.97 Å². The van der Waals surface area contributed by atoms with Crippen LogP contribution in [-0.4, -0.2) is 26.3 Å². The quantitative estimate of drug-likeness (QED) is 0.658. The Morgan fingerprint density at radius 2 is 2.36 bits per heavy atom. The first-order valence-corrected chi connectivity index (χ1v) is 4.48. The second kappa shape index (κ2) is 4.85. The fourth-order valence-corrected chi connectivity index (χ4v) is 1.49. The van der Waals surface area contributed by atoms with Gasteiger partial charge in [0.1, 0.15) is 11.0 Å². The van der Waals surface area contributed by atoms with Gasteiger partial charge in [-0.25, -0.2) is 0 Å². The molecule has 0 aromatic heterocycles. The van der Waals surface area contributed by atoms with Crippen molar-refractivity contribution in [1.29, 1.82) is 5.26 Å². The van der Waals surface area contributed by atoms with Crippen LogP contribution < -0.4 is 0 Å². The van der Waals surface area contributed by atoms with Gasteiger partial charge in [-0.1, -0.05) is 6.92 Å². The molecule has 0 fully saturated rings. The molecule has 11 heavy (non-hydrogen) atoms. The number of carboxylic acids is 1. The molecule has 2 unspecified atom stereocenters. The normalized spacial score (nSPS) is 14.9. The first kappa shape index (κ1) is 10.1. The van der Waals surface area contributed by atoms with Gasteiger partial charge in [-0.2, -0.15) is 5.26 Å². The van der Waals surface area contributed by atoms with Gasteiger partial charge < -0.3 is 5.11 Å². The highest BCUT2D eigenvalue weighted by molar-refractivity contribution is 7.86. The van der Waals surface area contributed by atoms with E-state index in [0.29, 0.717) is 6.42 Å². The van der Waals surface area contributed by atoms with E-state index in [1.165, 1.54) is 0 Å². The second-order valence-corrected chi connectivity index (χ2v) is 3.56. The Labute approximate surface area is 67.3 Å². The summed E-state index contributed by atoms with van der Waals surface area (Å²) in [5.74, 6) is -1.57. The molecule has 2 atom stereocenters. The van der Waals surface area contributed by atoms with Gasteiger partial charge in [-0.05, 0) is 6.42 Å². The largest absolute Gasteiger partial charge is 0.481 e. The van der Waals surface area contributed by atoms with Crippen LogP contribution in [0.25, 0.3) is 0 Å². The Hall–Kier alpha value is -0.890. The summed E-state index contributed by atoms with van der Waals surface area (Å²) in [6.07, 6.45) is 0.427. The summed E-state index contributed by atoms with van der Waals surface area (Å²) in [5.41, 5.74) is 0. The summed E-state index contributed by atoms with van der Waals surface area (Å²) in [5, 5.41) is 15.9. The maximum Gasteiger partial charge on any atom is 0.316 e. The molecule has 0 bridgehead atoms. The third-order valence-corrected chi connectivity index (χ3v) is 2.70. The lowest BCUT2D eigenvalue weighted by Crippen LogP contribution is -2.19. The highest BCUT2D eigenvalue weighted by Gasteiger charge is 2.15. The van der Waals surface area contributed by atoms with Gasteiger partial charge in [-0.15, -0.1) is 0 Å². The van der Waals surface area contributed by atoms with Gasteiger partial charge in [0.2, 0.25) is 0 Å². The molecular weight excluding hydrogens is 166 g/mol. The van der Waals surface area contributed by atoms with E-state index >= 15 is 0 Å². The third-order valence-electron chi connectivity index (χ3n) is 1.10. The SMILES string of the molecule is CCC(C#N)S(=O)CC(=O)O. The van der Waals surface area contributed by atoms with E-state index in [-0.39, 0.29) is 0 Å². The summed E-state index contributed by atoms with van der Waals surface area (Å²) in [6, 6.07) is 1.79. The third kappa shape index (κ3) is 3.73. The van der Waals surface area contributed by atoms with Gasteiger partial charge in [0.25, 0.3) is 0 Å². The van der Waals surface area contributed by atoms with Gasteiger partial charge in [0.15, 0.2) is 0 Å². The van der Waals surface area contributed by atoms with Crippen LogP contribution in [0.1, 0.15) is 13.3 Å². The Bertz CT molecular complexity index is 208. The molecule has 0 radical (unpaired) electrons. The molecule has 0 aliphatic heterocycles. The first-order valence-electron chi connectivity index (χ1n) is 3.10. The molecule has 5 heteroatoms. The lowest BCUT2D eigenvalue weighted by Gasteiger charge is -2.01. The van der Waals surface area contributed by atoms with Crippen LogP contribution in [0.3, 0.4) is 0 Å². The molecule has 1 N–H and O–H groups in total. The minimum atomic E-state index is -1.55. The fraction of sp³-hybridized carbons (Fsp3) is 0.667. The standard InChI is InChI=1S/C6H9NO3S/c1-2-5(3-7)11(10)4-6(8)9/h5H,2,4H2,1H3,(H,8,9). The summed E-state index contributed by atoms with van der Waals surface area (Å²) in [7, 11) is -1.55. The van der Waals surface area contributed by atoms with Crippen LogP contribution in [0.2, 0.25) is 0 Å². The van der Waals surface area contributed by atoms with Crippen molar-refractivity contribution in [2.45, 2.75) is 18.6 Å². The topological polar surface area (TPSA) is 78.2 Å². The zero-order valence-electron chi connectivity index (χ0n) is 6.11. The predicted octanol–water partition coefficient (Wildman–Crippen LogP) is 0.122. The van der Waals surface area contributed by atoms with E-state index in [1.807, 2.05) is 0 Å². The van der Waals surface area contributed by atoms with Crippen LogP contribution >= 0.6 is 0 Å². The number of hydrogen-bond acceptors (Lipinski definition) is 3. The molecule has 0 amide bonds. The average molecular weight is 175 g/mol. The zero-order chi connectivity index (χ0) is 8.85. The molecule has 0 saturated heterocycles. The summed E-state index contributed by atoms with van der Waals surface area (Å²) >= 11 is 0. The summed E-state index contributed by atoms with van der Waals surface area (Å²) in [4.78, 5) is 10.0. The van der Waals surface area contributed by atoms with Crippen molar-refractivity contribution in [1.82, 2.24) is 0 Å². The minimum Gasteiger partial charge on any atom is -0.481 e. The number of carboxylic acid groups (broad SMARTS) is 1. The van der Waals surface area contributed by atoms with Crippen molar-refractivity contribution in [3.8, 4) is 6.07 Å². The number of aliphatic carboxylic acids is 1. The Kier molecular flexibility index (Phi) is 4.46. The average Bonchev–Trinajstić information content (AvgIpc) is 1.88. The van der Waals surface area contributed by atoms with E-state index in [1.54, 1.807) is 13.0 Å². The summed E-state index contributed by atoms with van der Waals surface area (Å²) in [6.45, 7) is 1.70. The predicted molar refractivity (Wildman–Crippen MR) is 40.3 cm³/mol. The number of rotatable bonds is 4. The van der Waals surface area contributed by atoms with Crippen LogP contribution in [0, 0.1) is 11.3 Å². The zero-order valence-corrected chi connectivity index (χ0v) is 6.93. The monoisotopic (exact) mass is 175 g/mol. The lowest BCUT2D eigenvalue weighted by atomic mass is 10.4. The highest BCUT2D eigenvalue weighted by atomic mass is 32.2.